The van der Waals surface area contributed by atoms with Gasteiger partial charge in [-0.15, -0.1) is 0 Å². The van der Waals surface area contributed by atoms with Gasteiger partial charge >= 0.3 is 0 Å². The van der Waals surface area contributed by atoms with Crippen LogP contribution in [0.2, 0.25) is 0 Å². The molecule has 5 aromatic rings. The maximum Gasteiger partial charge on any atom is -0.00925 e. The third-order valence-corrected chi connectivity index (χ3v) is 4.96. The molecule has 0 atom stereocenters. The average Bonchev–Trinajstić information content (AvgIpc) is 2.61. The molecule has 0 aromatic heterocycles. The van der Waals surface area contributed by atoms with Crippen LogP contribution in [-0.2, 0) is 0 Å². The predicted octanol–water partition coefficient (Wildman–Crippen LogP) is 6.61. The first-order valence-corrected chi connectivity index (χ1v) is 8.05. The molecule has 0 aliphatic carbocycles. The summed E-state index contributed by atoms with van der Waals surface area (Å²) in [4.78, 5) is 0. The molecule has 0 fully saturated rings. The van der Waals surface area contributed by atoms with Gasteiger partial charge in [-0.1, -0.05) is 66.7 Å². The van der Waals surface area contributed by atoms with E-state index < -0.39 is 0 Å². The van der Waals surface area contributed by atoms with Gasteiger partial charge in [0, 0.05) is 0 Å². The molecule has 0 saturated carbocycles. The van der Waals surface area contributed by atoms with Crippen LogP contribution in [0.4, 0.5) is 0 Å². The largest absolute Gasteiger partial charge is 0.0616 e. The summed E-state index contributed by atoms with van der Waals surface area (Å²) in [5.41, 5.74) is 1.33. The molecule has 0 unspecified atom stereocenters. The number of rotatable bonds is 0. The van der Waals surface area contributed by atoms with Crippen LogP contribution < -0.4 is 0 Å². The number of hydrogen-bond donors (Lipinski definition) is 0. The maximum absolute atomic E-state index is 2.37. The van der Waals surface area contributed by atoms with Gasteiger partial charge in [-0.3, -0.25) is 0 Å². The molecule has 0 amide bonds. The van der Waals surface area contributed by atoms with Crippen molar-refractivity contribution < 1.29 is 0 Å². The van der Waals surface area contributed by atoms with Crippen molar-refractivity contribution in [2.45, 2.75) is 6.92 Å². The van der Waals surface area contributed by atoms with E-state index in [2.05, 4.69) is 85.8 Å². The lowest BCUT2D eigenvalue weighted by Gasteiger charge is -2.12. The Morgan fingerprint density at radius 1 is 0.435 bits per heavy atom. The Morgan fingerprint density at radius 3 is 1.57 bits per heavy atom. The minimum atomic E-state index is 1.32. The molecular weight excluding hydrogens is 276 g/mol. The molecule has 108 valence electrons. The van der Waals surface area contributed by atoms with Crippen LogP contribution in [-0.4, -0.2) is 0 Å². The highest BCUT2D eigenvalue weighted by atomic mass is 14.1. The second kappa shape index (κ2) is 4.57. The van der Waals surface area contributed by atoms with Crippen LogP contribution in [0.1, 0.15) is 5.56 Å². The summed E-state index contributed by atoms with van der Waals surface area (Å²) in [5, 5.41) is 10.7. The zero-order valence-corrected chi connectivity index (χ0v) is 13.0. The molecule has 0 aliphatic heterocycles. The predicted molar refractivity (Wildman–Crippen MR) is 101 cm³/mol. The Bertz CT molecular complexity index is 1210. The summed E-state index contributed by atoms with van der Waals surface area (Å²) < 4.78 is 0. The molecule has 0 N–H and O–H groups in total. The van der Waals surface area contributed by atoms with Crippen molar-refractivity contribution in [3.8, 4) is 0 Å². The summed E-state index contributed by atoms with van der Waals surface area (Å²) in [5.74, 6) is 0. The van der Waals surface area contributed by atoms with Gasteiger partial charge in [0.05, 0.1) is 0 Å². The van der Waals surface area contributed by atoms with Crippen molar-refractivity contribution in [3.05, 3.63) is 84.4 Å². The molecule has 0 heterocycles. The van der Waals surface area contributed by atoms with Crippen molar-refractivity contribution in [1.29, 1.82) is 0 Å². The quantitative estimate of drug-likeness (QED) is 0.222. The second-order valence-electron chi connectivity index (χ2n) is 6.29. The van der Waals surface area contributed by atoms with Gasteiger partial charge in [-0.2, -0.15) is 0 Å². The van der Waals surface area contributed by atoms with E-state index in [1.54, 1.807) is 0 Å². The standard InChI is InChI=1S/C23H16/c1-15-7-6-8-16-13-22-19-11-4-2-9-17(19)18-10-3-5-12-20(18)23(22)14-21(15)16/h2-14H,1H3. The second-order valence-corrected chi connectivity index (χ2v) is 6.29. The summed E-state index contributed by atoms with van der Waals surface area (Å²) >= 11 is 0. The normalized spacial score (nSPS) is 11.7. The van der Waals surface area contributed by atoms with Gasteiger partial charge in [-0.25, -0.2) is 0 Å². The fraction of sp³-hybridized carbons (Fsp3) is 0.0435. The topological polar surface area (TPSA) is 0 Å². The SMILES string of the molecule is Cc1cccc2cc3c4ccccc4c4ccccc4c3cc12. The first-order chi connectivity index (χ1) is 11.3. The van der Waals surface area contributed by atoms with Crippen LogP contribution in [0, 0.1) is 6.92 Å². The third kappa shape index (κ3) is 1.72. The Balaban J connectivity index is 2.16. The Morgan fingerprint density at radius 2 is 0.957 bits per heavy atom. The van der Waals surface area contributed by atoms with Crippen molar-refractivity contribution in [3.63, 3.8) is 0 Å². The Labute approximate surface area is 135 Å². The van der Waals surface area contributed by atoms with E-state index in [0.29, 0.717) is 0 Å². The molecule has 0 bridgehead atoms. The Kier molecular flexibility index (Phi) is 2.51. The highest BCUT2D eigenvalue weighted by Gasteiger charge is 2.09. The molecule has 0 spiro atoms. The van der Waals surface area contributed by atoms with Crippen molar-refractivity contribution in [1.82, 2.24) is 0 Å². The summed E-state index contributed by atoms with van der Waals surface area (Å²) in [7, 11) is 0. The van der Waals surface area contributed by atoms with Crippen molar-refractivity contribution in [2.24, 2.45) is 0 Å². The summed E-state index contributed by atoms with van der Waals surface area (Å²) in [6, 6.07) is 28.8. The lowest BCUT2D eigenvalue weighted by molar-refractivity contribution is 1.54. The van der Waals surface area contributed by atoms with Gasteiger partial charge in [0.2, 0.25) is 0 Å². The minimum Gasteiger partial charge on any atom is -0.0616 e. The number of fused-ring (bicyclic) bond motifs is 7. The van der Waals surface area contributed by atoms with E-state index in [1.807, 2.05) is 0 Å². The van der Waals surface area contributed by atoms with Crippen LogP contribution in [0.25, 0.3) is 43.1 Å². The molecule has 0 heteroatoms. The summed E-state index contributed by atoms with van der Waals surface area (Å²) in [6.07, 6.45) is 0. The fourth-order valence-corrected chi connectivity index (χ4v) is 3.83. The zero-order valence-electron chi connectivity index (χ0n) is 13.0. The van der Waals surface area contributed by atoms with E-state index in [1.165, 1.54) is 48.7 Å². The smallest absolute Gasteiger partial charge is 0.00925 e. The first kappa shape index (κ1) is 12.7. The van der Waals surface area contributed by atoms with E-state index in [0.717, 1.165) is 0 Å². The number of aryl methyl sites for hydroxylation is 1. The average molecular weight is 292 g/mol. The molecular formula is C23H16. The van der Waals surface area contributed by atoms with Crippen LogP contribution in [0.5, 0.6) is 0 Å². The van der Waals surface area contributed by atoms with E-state index in [-0.39, 0.29) is 0 Å². The highest BCUT2D eigenvalue weighted by Crippen LogP contribution is 2.37. The first-order valence-electron chi connectivity index (χ1n) is 8.05. The number of hydrogen-bond acceptors (Lipinski definition) is 0. The van der Waals surface area contributed by atoms with Crippen molar-refractivity contribution >= 4 is 43.1 Å². The molecule has 0 radical (unpaired) electrons. The van der Waals surface area contributed by atoms with Crippen molar-refractivity contribution in [2.75, 3.05) is 0 Å². The van der Waals surface area contributed by atoms with Gasteiger partial charge in [0.15, 0.2) is 0 Å². The zero-order chi connectivity index (χ0) is 15.4. The van der Waals surface area contributed by atoms with Crippen LogP contribution in [0.15, 0.2) is 78.9 Å². The highest BCUT2D eigenvalue weighted by molar-refractivity contribution is 6.27. The van der Waals surface area contributed by atoms with Gasteiger partial charge in [0.1, 0.15) is 0 Å². The van der Waals surface area contributed by atoms with Crippen LogP contribution >= 0.6 is 0 Å². The third-order valence-electron chi connectivity index (χ3n) is 4.96. The lowest BCUT2D eigenvalue weighted by atomic mass is 9.91. The van der Waals surface area contributed by atoms with Gasteiger partial charge in [-0.05, 0) is 67.7 Å². The fourth-order valence-electron chi connectivity index (χ4n) is 3.83. The van der Waals surface area contributed by atoms with E-state index >= 15 is 0 Å². The van der Waals surface area contributed by atoms with Gasteiger partial charge < -0.3 is 0 Å². The molecule has 0 aliphatic rings. The minimum absolute atomic E-state index is 1.32. The molecule has 5 rings (SSSR count). The van der Waals surface area contributed by atoms with E-state index in [9.17, 15) is 0 Å². The molecule has 0 saturated heterocycles. The van der Waals surface area contributed by atoms with Gasteiger partial charge in [0.25, 0.3) is 0 Å². The monoisotopic (exact) mass is 292 g/mol. The maximum atomic E-state index is 2.37. The number of benzene rings is 5. The summed E-state index contributed by atoms with van der Waals surface area (Å²) in [6.45, 7) is 2.19. The van der Waals surface area contributed by atoms with Crippen LogP contribution in [0.3, 0.4) is 0 Å². The molecule has 23 heavy (non-hydrogen) atoms. The Hall–Kier alpha value is -2.86. The molecule has 0 nitrogen and oxygen atoms in total. The molecule has 5 aromatic carbocycles. The lowest BCUT2D eigenvalue weighted by Crippen LogP contribution is -1.85. The van der Waals surface area contributed by atoms with E-state index in [4.69, 9.17) is 0 Å².